The minimum absolute atomic E-state index is 0.0877. The molecule has 2 rings (SSSR count). The second-order valence-electron chi connectivity index (χ2n) is 4.66. The van der Waals surface area contributed by atoms with Gasteiger partial charge in [-0.3, -0.25) is 4.79 Å². The first kappa shape index (κ1) is 15.6. The lowest BCUT2D eigenvalue weighted by atomic mass is 10.2. The summed E-state index contributed by atoms with van der Waals surface area (Å²) in [6.07, 6.45) is 0. The summed E-state index contributed by atoms with van der Waals surface area (Å²) in [6.45, 7) is 1.93. The van der Waals surface area contributed by atoms with Gasteiger partial charge < -0.3 is 16.0 Å². The molecule has 3 N–H and O–H groups in total. The van der Waals surface area contributed by atoms with Crippen LogP contribution < -0.4 is 16.0 Å². The van der Waals surface area contributed by atoms with Crippen LogP contribution in [0, 0.1) is 6.92 Å². The highest BCUT2D eigenvalue weighted by molar-refractivity contribution is 8.01. The second-order valence-corrected chi connectivity index (χ2v) is 6.83. The number of nitrogen functional groups attached to an aromatic ring is 1. The van der Waals surface area contributed by atoms with Crippen LogP contribution in [0.4, 0.5) is 16.5 Å². The van der Waals surface area contributed by atoms with E-state index in [2.05, 4.69) is 15.5 Å². The predicted octanol–water partition coefficient (Wildman–Crippen LogP) is 2.23. The van der Waals surface area contributed by atoms with Gasteiger partial charge in [0.15, 0.2) is 4.34 Å². The first-order valence-electron chi connectivity index (χ1n) is 6.25. The molecule has 6 nitrogen and oxygen atoms in total. The molecule has 8 heteroatoms. The Hall–Kier alpha value is -1.80. The summed E-state index contributed by atoms with van der Waals surface area (Å²) in [5, 5.41) is 11.7. The van der Waals surface area contributed by atoms with E-state index in [1.165, 1.54) is 23.1 Å². The van der Waals surface area contributed by atoms with Gasteiger partial charge in [-0.25, -0.2) is 0 Å². The number of nitrogens with two attached hydrogens (primary N) is 1. The fourth-order valence-corrected chi connectivity index (χ4v) is 3.09. The van der Waals surface area contributed by atoms with E-state index in [1.807, 2.05) is 38.1 Å². The normalized spacial score (nSPS) is 10.4. The number of carbonyl (C=O) groups excluding carboxylic acids is 1. The highest BCUT2D eigenvalue weighted by Gasteiger charge is 2.10. The van der Waals surface area contributed by atoms with Crippen LogP contribution in [0.25, 0.3) is 0 Å². The molecule has 0 fully saturated rings. The molecular weight excluding hydrogens is 306 g/mol. The summed E-state index contributed by atoms with van der Waals surface area (Å²) in [6, 6.07) is 5.45. The molecule has 21 heavy (non-hydrogen) atoms. The average Bonchev–Trinajstić information content (AvgIpc) is 2.90. The quantitative estimate of drug-likeness (QED) is 0.648. The lowest BCUT2D eigenvalue weighted by molar-refractivity contribution is -0.113. The van der Waals surface area contributed by atoms with Gasteiger partial charge in [-0.1, -0.05) is 29.2 Å². The monoisotopic (exact) mass is 323 g/mol. The highest BCUT2D eigenvalue weighted by Crippen LogP contribution is 2.27. The van der Waals surface area contributed by atoms with Crippen LogP contribution in [-0.4, -0.2) is 36.0 Å². The second kappa shape index (κ2) is 6.77. The van der Waals surface area contributed by atoms with E-state index >= 15 is 0 Å². The maximum absolute atomic E-state index is 12.0. The number of amides is 1. The first-order chi connectivity index (χ1) is 9.95. The van der Waals surface area contributed by atoms with Crippen molar-refractivity contribution in [3.05, 3.63) is 23.8 Å². The van der Waals surface area contributed by atoms with Crippen molar-refractivity contribution >= 4 is 45.5 Å². The van der Waals surface area contributed by atoms with Crippen molar-refractivity contribution in [3.63, 3.8) is 0 Å². The molecule has 1 heterocycles. The molecule has 0 aliphatic heterocycles. The van der Waals surface area contributed by atoms with E-state index in [4.69, 9.17) is 5.73 Å². The minimum Gasteiger partial charge on any atom is -0.399 e. The van der Waals surface area contributed by atoms with Crippen molar-refractivity contribution in [1.82, 2.24) is 10.2 Å². The SMILES string of the molecule is Cc1ccc(N)cc1NC(=O)CSc1nnc(N(C)C)s1. The number of aryl methyl sites for hydroxylation is 1. The molecule has 0 bridgehead atoms. The molecule has 0 unspecified atom stereocenters. The third kappa shape index (κ3) is 4.33. The van der Waals surface area contributed by atoms with Crippen molar-refractivity contribution < 1.29 is 4.79 Å². The Morgan fingerprint density at radius 2 is 2.19 bits per heavy atom. The lowest BCUT2D eigenvalue weighted by Gasteiger charge is -2.08. The van der Waals surface area contributed by atoms with E-state index in [-0.39, 0.29) is 11.7 Å². The molecule has 0 aliphatic rings. The standard InChI is InChI=1S/C13H17N5OS2/c1-8-4-5-9(14)6-10(8)15-11(19)7-20-13-17-16-12(21-13)18(2)3/h4-6H,7,14H2,1-3H3,(H,15,19). The molecule has 0 saturated heterocycles. The highest BCUT2D eigenvalue weighted by atomic mass is 32.2. The van der Waals surface area contributed by atoms with Crippen molar-refractivity contribution in [3.8, 4) is 0 Å². The number of carbonyl (C=O) groups is 1. The molecule has 0 spiro atoms. The summed E-state index contributed by atoms with van der Waals surface area (Å²) < 4.78 is 0.776. The Balaban J connectivity index is 1.91. The number of rotatable bonds is 5. The molecule has 1 amide bonds. The fourth-order valence-electron chi connectivity index (χ4n) is 1.53. The number of hydrogen-bond acceptors (Lipinski definition) is 7. The minimum atomic E-state index is -0.0877. The zero-order valence-corrected chi connectivity index (χ0v) is 13.7. The molecule has 0 saturated carbocycles. The van der Waals surface area contributed by atoms with Gasteiger partial charge >= 0.3 is 0 Å². The van der Waals surface area contributed by atoms with E-state index < -0.39 is 0 Å². The number of benzene rings is 1. The predicted molar refractivity (Wildman–Crippen MR) is 89.2 cm³/mol. The zero-order chi connectivity index (χ0) is 15.4. The van der Waals surface area contributed by atoms with Crippen LogP contribution >= 0.6 is 23.1 Å². The Morgan fingerprint density at radius 3 is 2.86 bits per heavy atom. The molecule has 2 aromatic rings. The molecule has 1 aromatic heterocycles. The molecule has 1 aromatic carbocycles. The van der Waals surface area contributed by atoms with Crippen molar-refractivity contribution in [2.45, 2.75) is 11.3 Å². The third-order valence-corrected chi connectivity index (χ3v) is 4.87. The summed E-state index contributed by atoms with van der Waals surface area (Å²) in [7, 11) is 3.81. The van der Waals surface area contributed by atoms with Gasteiger partial charge in [0.1, 0.15) is 0 Å². The van der Waals surface area contributed by atoms with E-state index in [1.54, 1.807) is 6.07 Å². The molecule has 0 aliphatic carbocycles. The van der Waals surface area contributed by atoms with Crippen molar-refractivity contribution in [2.75, 3.05) is 35.8 Å². The Labute approximate surface area is 131 Å². The topological polar surface area (TPSA) is 84.1 Å². The largest absolute Gasteiger partial charge is 0.399 e. The van der Waals surface area contributed by atoms with Crippen LogP contribution in [0.1, 0.15) is 5.56 Å². The smallest absolute Gasteiger partial charge is 0.234 e. The molecule has 0 atom stereocenters. The average molecular weight is 323 g/mol. The summed E-state index contributed by atoms with van der Waals surface area (Å²) in [4.78, 5) is 13.9. The lowest BCUT2D eigenvalue weighted by Crippen LogP contribution is -2.15. The zero-order valence-electron chi connectivity index (χ0n) is 12.1. The van der Waals surface area contributed by atoms with E-state index in [9.17, 15) is 4.79 Å². The van der Waals surface area contributed by atoms with Crippen LogP contribution in [0.15, 0.2) is 22.5 Å². The number of aromatic nitrogens is 2. The van der Waals surface area contributed by atoms with Gasteiger partial charge in [0, 0.05) is 25.5 Å². The maximum Gasteiger partial charge on any atom is 0.234 e. The Bertz CT molecular complexity index is 641. The van der Waals surface area contributed by atoms with Crippen LogP contribution in [0.5, 0.6) is 0 Å². The Kier molecular flexibility index (Phi) is 5.03. The molecule has 0 radical (unpaired) electrons. The van der Waals surface area contributed by atoms with Gasteiger partial charge in [-0.05, 0) is 24.6 Å². The summed E-state index contributed by atoms with van der Waals surface area (Å²) in [5.74, 6) is 0.200. The van der Waals surface area contributed by atoms with E-state index in [0.29, 0.717) is 5.69 Å². The molecule has 112 valence electrons. The van der Waals surface area contributed by atoms with Gasteiger partial charge in [-0.2, -0.15) is 0 Å². The number of anilines is 3. The van der Waals surface area contributed by atoms with Gasteiger partial charge in [0.2, 0.25) is 11.0 Å². The fraction of sp³-hybridized carbons (Fsp3) is 0.308. The number of nitrogens with zero attached hydrogens (tertiary/aromatic N) is 3. The van der Waals surface area contributed by atoms with Crippen LogP contribution in [0.2, 0.25) is 0 Å². The van der Waals surface area contributed by atoms with Crippen LogP contribution in [-0.2, 0) is 4.79 Å². The third-order valence-electron chi connectivity index (χ3n) is 2.64. The molecular formula is C13H17N5OS2. The number of hydrogen-bond donors (Lipinski definition) is 2. The summed E-state index contributed by atoms with van der Waals surface area (Å²) in [5.41, 5.74) is 8.07. The van der Waals surface area contributed by atoms with E-state index in [0.717, 1.165) is 20.7 Å². The first-order valence-corrected chi connectivity index (χ1v) is 8.05. The van der Waals surface area contributed by atoms with Crippen LogP contribution in [0.3, 0.4) is 0 Å². The number of nitrogens with one attached hydrogen (secondary N) is 1. The summed E-state index contributed by atoms with van der Waals surface area (Å²) >= 11 is 2.83. The maximum atomic E-state index is 12.0. The van der Waals surface area contributed by atoms with Gasteiger partial charge in [-0.15, -0.1) is 10.2 Å². The Morgan fingerprint density at radius 1 is 1.43 bits per heavy atom. The number of thioether (sulfide) groups is 1. The van der Waals surface area contributed by atoms with Gasteiger partial charge in [0.05, 0.1) is 5.75 Å². The van der Waals surface area contributed by atoms with Crippen molar-refractivity contribution in [2.24, 2.45) is 0 Å². The van der Waals surface area contributed by atoms with Gasteiger partial charge in [0.25, 0.3) is 0 Å². The van der Waals surface area contributed by atoms with Crippen molar-refractivity contribution in [1.29, 1.82) is 0 Å².